The molecule has 0 amide bonds. The van der Waals surface area contributed by atoms with Crippen molar-refractivity contribution in [2.24, 2.45) is 0 Å². The molecule has 1 aromatic rings. The van der Waals surface area contributed by atoms with Crippen LogP contribution in [0.15, 0.2) is 24.3 Å². The lowest BCUT2D eigenvalue weighted by atomic mass is 9.87. The Morgan fingerprint density at radius 1 is 1.19 bits per heavy atom. The van der Waals surface area contributed by atoms with E-state index in [4.69, 9.17) is 0 Å². The van der Waals surface area contributed by atoms with Gasteiger partial charge in [0.05, 0.1) is 0 Å². The second-order valence-corrected chi connectivity index (χ2v) is 4.30. The zero-order valence-electron chi connectivity index (χ0n) is 9.06. The summed E-state index contributed by atoms with van der Waals surface area (Å²) < 4.78 is 39.4. The lowest BCUT2D eigenvalue weighted by molar-refractivity contribution is -0.196. The van der Waals surface area contributed by atoms with Crippen LogP contribution >= 0.6 is 0 Å². The van der Waals surface area contributed by atoms with Gasteiger partial charge in [-0.1, -0.05) is 29.8 Å². The quantitative estimate of drug-likeness (QED) is 0.780. The molecule has 1 aliphatic rings. The molecule has 1 unspecified atom stereocenters. The van der Waals surface area contributed by atoms with E-state index in [2.05, 4.69) is 5.32 Å². The van der Waals surface area contributed by atoms with Crippen molar-refractivity contribution in [1.29, 1.82) is 0 Å². The maximum Gasteiger partial charge on any atom is 0.410 e. The monoisotopic (exact) mass is 229 g/mol. The van der Waals surface area contributed by atoms with E-state index in [0.717, 1.165) is 5.56 Å². The number of hydrogen-bond donors (Lipinski definition) is 1. The van der Waals surface area contributed by atoms with E-state index < -0.39 is 11.7 Å². The molecular weight excluding hydrogens is 215 g/mol. The summed E-state index contributed by atoms with van der Waals surface area (Å²) >= 11 is 0. The van der Waals surface area contributed by atoms with Crippen molar-refractivity contribution >= 4 is 0 Å². The van der Waals surface area contributed by atoms with Crippen molar-refractivity contribution in [1.82, 2.24) is 5.32 Å². The summed E-state index contributed by atoms with van der Waals surface area (Å²) in [5.74, 6) is 0. The van der Waals surface area contributed by atoms with Gasteiger partial charge < -0.3 is 0 Å². The average molecular weight is 229 g/mol. The Balaban J connectivity index is 2.44. The van der Waals surface area contributed by atoms with Crippen LogP contribution in [-0.4, -0.2) is 12.7 Å². The first-order chi connectivity index (χ1) is 7.46. The number of alkyl halides is 3. The molecule has 1 aromatic carbocycles. The second kappa shape index (κ2) is 3.77. The Labute approximate surface area is 92.7 Å². The molecule has 1 heterocycles. The fourth-order valence-corrected chi connectivity index (χ4v) is 2.23. The molecule has 1 N–H and O–H groups in total. The van der Waals surface area contributed by atoms with Gasteiger partial charge in [-0.3, -0.25) is 5.32 Å². The van der Waals surface area contributed by atoms with Crippen molar-refractivity contribution in [2.45, 2.75) is 31.5 Å². The van der Waals surface area contributed by atoms with Crippen molar-refractivity contribution in [3.8, 4) is 0 Å². The highest BCUT2D eigenvalue weighted by molar-refractivity contribution is 5.30. The Morgan fingerprint density at radius 2 is 1.81 bits per heavy atom. The molecule has 0 saturated carbocycles. The van der Waals surface area contributed by atoms with Gasteiger partial charge in [0.2, 0.25) is 0 Å². The van der Waals surface area contributed by atoms with Gasteiger partial charge in [-0.25, -0.2) is 0 Å². The highest BCUT2D eigenvalue weighted by Gasteiger charge is 2.56. The topological polar surface area (TPSA) is 12.0 Å². The number of aryl methyl sites for hydroxylation is 1. The van der Waals surface area contributed by atoms with Crippen LogP contribution in [0.4, 0.5) is 13.2 Å². The minimum atomic E-state index is -4.24. The summed E-state index contributed by atoms with van der Waals surface area (Å²) in [6, 6.07) is 6.59. The van der Waals surface area contributed by atoms with Crippen molar-refractivity contribution in [3.63, 3.8) is 0 Å². The van der Waals surface area contributed by atoms with Gasteiger partial charge >= 0.3 is 6.18 Å². The zero-order chi connectivity index (χ0) is 11.8. The fourth-order valence-electron chi connectivity index (χ4n) is 2.23. The van der Waals surface area contributed by atoms with Crippen LogP contribution in [0.2, 0.25) is 0 Å². The van der Waals surface area contributed by atoms with E-state index in [1.807, 2.05) is 6.92 Å². The number of nitrogens with one attached hydrogen (secondary N) is 1. The minimum absolute atomic E-state index is 0.125. The first-order valence-corrected chi connectivity index (χ1v) is 5.35. The summed E-state index contributed by atoms with van der Waals surface area (Å²) in [4.78, 5) is 0. The highest BCUT2D eigenvalue weighted by Crippen LogP contribution is 2.44. The van der Waals surface area contributed by atoms with Gasteiger partial charge in [0.25, 0.3) is 0 Å². The largest absolute Gasteiger partial charge is 0.410 e. The molecule has 4 heteroatoms. The fraction of sp³-hybridized carbons (Fsp3) is 0.500. The molecular formula is C12H14F3N. The minimum Gasteiger partial charge on any atom is -0.300 e. The normalized spacial score (nSPS) is 26.0. The van der Waals surface area contributed by atoms with E-state index in [1.54, 1.807) is 24.3 Å². The Bertz CT molecular complexity index is 361. The smallest absolute Gasteiger partial charge is 0.300 e. The molecule has 1 aliphatic heterocycles. The first kappa shape index (κ1) is 11.5. The third-order valence-corrected chi connectivity index (χ3v) is 3.18. The predicted molar refractivity (Wildman–Crippen MR) is 56.1 cm³/mol. The number of rotatable bonds is 1. The van der Waals surface area contributed by atoms with Gasteiger partial charge in [-0.2, -0.15) is 13.2 Å². The molecule has 16 heavy (non-hydrogen) atoms. The standard InChI is InChI=1S/C12H14F3N/c1-9-3-5-10(6-4-9)11(12(13,14)15)7-2-8-16-11/h3-6,16H,2,7-8H2,1H3. The zero-order valence-corrected chi connectivity index (χ0v) is 9.06. The third kappa shape index (κ3) is 1.71. The number of halogens is 3. The van der Waals surface area contributed by atoms with Crippen LogP contribution in [-0.2, 0) is 5.54 Å². The van der Waals surface area contributed by atoms with Crippen molar-refractivity contribution in [3.05, 3.63) is 35.4 Å². The SMILES string of the molecule is Cc1ccc(C2(C(F)(F)F)CCCN2)cc1. The van der Waals surface area contributed by atoms with Gasteiger partial charge in [-0.15, -0.1) is 0 Å². The molecule has 1 atom stereocenters. The maximum absolute atomic E-state index is 13.1. The van der Waals surface area contributed by atoms with Gasteiger partial charge in [-0.05, 0) is 31.9 Å². The van der Waals surface area contributed by atoms with Crippen LogP contribution in [0.25, 0.3) is 0 Å². The van der Waals surface area contributed by atoms with Crippen LogP contribution in [0.3, 0.4) is 0 Å². The van der Waals surface area contributed by atoms with Crippen LogP contribution < -0.4 is 5.32 Å². The van der Waals surface area contributed by atoms with E-state index >= 15 is 0 Å². The molecule has 1 fully saturated rings. The lowest BCUT2D eigenvalue weighted by Gasteiger charge is -2.32. The number of hydrogen-bond acceptors (Lipinski definition) is 1. The number of benzene rings is 1. The average Bonchev–Trinajstić information content (AvgIpc) is 2.68. The first-order valence-electron chi connectivity index (χ1n) is 5.35. The summed E-state index contributed by atoms with van der Waals surface area (Å²) in [5.41, 5.74) is -0.539. The highest BCUT2D eigenvalue weighted by atomic mass is 19.4. The molecule has 88 valence electrons. The van der Waals surface area contributed by atoms with Gasteiger partial charge in [0.1, 0.15) is 5.54 Å². The molecule has 1 nitrogen and oxygen atoms in total. The second-order valence-electron chi connectivity index (χ2n) is 4.30. The van der Waals surface area contributed by atoms with Gasteiger partial charge in [0, 0.05) is 0 Å². The Hall–Kier alpha value is -1.03. The molecule has 0 bridgehead atoms. The summed E-state index contributed by atoms with van der Waals surface area (Å²) in [7, 11) is 0. The van der Waals surface area contributed by atoms with E-state index in [-0.39, 0.29) is 6.42 Å². The Morgan fingerprint density at radius 3 is 2.25 bits per heavy atom. The van der Waals surface area contributed by atoms with Crippen molar-refractivity contribution < 1.29 is 13.2 Å². The van der Waals surface area contributed by atoms with E-state index in [9.17, 15) is 13.2 Å². The summed E-state index contributed by atoms with van der Waals surface area (Å²) in [6.07, 6.45) is -3.55. The summed E-state index contributed by atoms with van der Waals surface area (Å²) in [5, 5.41) is 2.62. The molecule has 0 radical (unpaired) electrons. The molecule has 0 spiro atoms. The van der Waals surface area contributed by atoms with Crippen molar-refractivity contribution in [2.75, 3.05) is 6.54 Å². The van der Waals surface area contributed by atoms with Crippen LogP contribution in [0.1, 0.15) is 24.0 Å². The Kier molecular flexibility index (Phi) is 2.70. The van der Waals surface area contributed by atoms with Gasteiger partial charge in [0.15, 0.2) is 0 Å². The molecule has 2 rings (SSSR count). The van der Waals surface area contributed by atoms with E-state index in [0.29, 0.717) is 18.5 Å². The lowest BCUT2D eigenvalue weighted by Crippen LogP contribution is -2.49. The molecule has 1 saturated heterocycles. The molecule has 0 aromatic heterocycles. The van der Waals surface area contributed by atoms with Crippen LogP contribution in [0, 0.1) is 6.92 Å². The molecule has 0 aliphatic carbocycles. The van der Waals surface area contributed by atoms with E-state index in [1.165, 1.54) is 0 Å². The summed E-state index contributed by atoms with van der Waals surface area (Å²) in [6.45, 7) is 2.29. The third-order valence-electron chi connectivity index (χ3n) is 3.18. The van der Waals surface area contributed by atoms with Crippen LogP contribution in [0.5, 0.6) is 0 Å². The maximum atomic E-state index is 13.1. The predicted octanol–water partition coefficient (Wildman–Crippen LogP) is 3.14.